The normalized spacial score (nSPS) is 10.1. The summed E-state index contributed by atoms with van der Waals surface area (Å²) < 4.78 is 0. The van der Waals surface area contributed by atoms with Crippen LogP contribution in [-0.2, 0) is 6.54 Å². The van der Waals surface area contributed by atoms with Gasteiger partial charge in [0.1, 0.15) is 0 Å². The van der Waals surface area contributed by atoms with Crippen LogP contribution in [0.5, 0.6) is 0 Å². The van der Waals surface area contributed by atoms with E-state index < -0.39 is 5.97 Å². The molecule has 0 spiro atoms. The van der Waals surface area contributed by atoms with Gasteiger partial charge in [0, 0.05) is 18.9 Å². The number of rotatable bonds is 4. The standard InChI is InChI=1S/C13H13N3O2/c1-9-3-4-10(12(17)18)7-11(9)8-16-13-14-5-2-6-15-13/h2-7H,8H2,1H3,(H,17,18)(H,14,15,16). The van der Waals surface area contributed by atoms with E-state index >= 15 is 0 Å². The summed E-state index contributed by atoms with van der Waals surface area (Å²) in [4.78, 5) is 19.0. The molecule has 2 rings (SSSR count). The fraction of sp³-hybridized carbons (Fsp3) is 0.154. The number of anilines is 1. The minimum Gasteiger partial charge on any atom is -0.478 e. The molecule has 0 aliphatic carbocycles. The molecular weight excluding hydrogens is 230 g/mol. The molecule has 0 bridgehead atoms. The highest BCUT2D eigenvalue weighted by Crippen LogP contribution is 2.12. The number of aryl methyl sites for hydroxylation is 1. The number of nitrogens with one attached hydrogen (secondary N) is 1. The Balaban J connectivity index is 2.14. The molecule has 2 aromatic rings. The molecular formula is C13H13N3O2. The van der Waals surface area contributed by atoms with Gasteiger partial charge in [0.15, 0.2) is 0 Å². The van der Waals surface area contributed by atoms with Gasteiger partial charge in [-0.15, -0.1) is 0 Å². The SMILES string of the molecule is Cc1ccc(C(=O)O)cc1CNc1ncccn1. The summed E-state index contributed by atoms with van der Waals surface area (Å²) in [5, 5.41) is 12.0. The Kier molecular flexibility index (Phi) is 3.52. The average Bonchev–Trinajstić information content (AvgIpc) is 2.38. The van der Waals surface area contributed by atoms with Gasteiger partial charge in [0.2, 0.25) is 5.95 Å². The molecule has 0 saturated carbocycles. The number of aromatic carboxylic acids is 1. The number of hydrogen-bond donors (Lipinski definition) is 2. The number of aromatic nitrogens is 2. The van der Waals surface area contributed by atoms with Crippen molar-refractivity contribution >= 4 is 11.9 Å². The molecule has 92 valence electrons. The molecule has 0 unspecified atom stereocenters. The number of benzene rings is 1. The summed E-state index contributed by atoms with van der Waals surface area (Å²) >= 11 is 0. The van der Waals surface area contributed by atoms with Gasteiger partial charge in [-0.2, -0.15) is 0 Å². The zero-order valence-corrected chi connectivity index (χ0v) is 9.92. The highest BCUT2D eigenvalue weighted by Gasteiger charge is 2.06. The van der Waals surface area contributed by atoms with Crippen LogP contribution in [0.2, 0.25) is 0 Å². The first-order valence-electron chi connectivity index (χ1n) is 5.50. The summed E-state index contributed by atoms with van der Waals surface area (Å²) in [6, 6.07) is 6.79. The Morgan fingerprint density at radius 3 is 2.72 bits per heavy atom. The second-order valence-electron chi connectivity index (χ2n) is 3.87. The predicted molar refractivity (Wildman–Crippen MR) is 67.5 cm³/mol. The highest BCUT2D eigenvalue weighted by atomic mass is 16.4. The van der Waals surface area contributed by atoms with Crippen LogP contribution >= 0.6 is 0 Å². The number of hydrogen-bond acceptors (Lipinski definition) is 4. The Bertz CT molecular complexity index is 555. The fourth-order valence-electron chi connectivity index (χ4n) is 1.56. The van der Waals surface area contributed by atoms with E-state index in [0.29, 0.717) is 12.5 Å². The maximum Gasteiger partial charge on any atom is 0.335 e. The minimum absolute atomic E-state index is 0.284. The summed E-state index contributed by atoms with van der Waals surface area (Å²) in [5.74, 6) is -0.398. The van der Waals surface area contributed by atoms with Gasteiger partial charge < -0.3 is 10.4 Å². The summed E-state index contributed by atoms with van der Waals surface area (Å²) in [5.41, 5.74) is 2.23. The summed E-state index contributed by atoms with van der Waals surface area (Å²) in [6.45, 7) is 2.44. The minimum atomic E-state index is -0.924. The lowest BCUT2D eigenvalue weighted by Crippen LogP contribution is -2.06. The van der Waals surface area contributed by atoms with E-state index in [1.165, 1.54) is 0 Å². The smallest absolute Gasteiger partial charge is 0.335 e. The largest absolute Gasteiger partial charge is 0.478 e. The first kappa shape index (κ1) is 12.0. The van der Waals surface area contributed by atoms with Gasteiger partial charge in [-0.05, 0) is 36.2 Å². The van der Waals surface area contributed by atoms with E-state index in [4.69, 9.17) is 5.11 Å². The van der Waals surface area contributed by atoms with Gasteiger partial charge >= 0.3 is 5.97 Å². The molecule has 5 nitrogen and oxygen atoms in total. The van der Waals surface area contributed by atoms with E-state index in [1.807, 2.05) is 6.92 Å². The average molecular weight is 243 g/mol. The summed E-state index contributed by atoms with van der Waals surface area (Å²) in [7, 11) is 0. The zero-order valence-electron chi connectivity index (χ0n) is 9.92. The third-order valence-corrected chi connectivity index (χ3v) is 2.60. The van der Waals surface area contributed by atoms with Crippen LogP contribution in [0, 0.1) is 6.92 Å². The van der Waals surface area contributed by atoms with Crippen LogP contribution in [0.3, 0.4) is 0 Å². The maximum absolute atomic E-state index is 10.9. The third-order valence-electron chi connectivity index (χ3n) is 2.60. The molecule has 0 aliphatic rings. The molecule has 1 aromatic carbocycles. The monoisotopic (exact) mass is 243 g/mol. The summed E-state index contributed by atoms with van der Waals surface area (Å²) in [6.07, 6.45) is 3.30. The van der Waals surface area contributed by atoms with Gasteiger partial charge in [-0.25, -0.2) is 14.8 Å². The first-order valence-corrected chi connectivity index (χ1v) is 5.50. The van der Waals surface area contributed by atoms with Crippen molar-refractivity contribution in [2.45, 2.75) is 13.5 Å². The van der Waals surface area contributed by atoms with Crippen LogP contribution in [0.25, 0.3) is 0 Å². The lowest BCUT2D eigenvalue weighted by atomic mass is 10.1. The molecule has 2 N–H and O–H groups in total. The van der Waals surface area contributed by atoms with Crippen molar-refractivity contribution in [2.75, 3.05) is 5.32 Å². The van der Waals surface area contributed by atoms with Crippen molar-refractivity contribution in [3.05, 3.63) is 53.3 Å². The van der Waals surface area contributed by atoms with E-state index in [2.05, 4.69) is 15.3 Å². The van der Waals surface area contributed by atoms with Crippen LogP contribution in [0.1, 0.15) is 21.5 Å². The van der Waals surface area contributed by atoms with Gasteiger partial charge in [-0.1, -0.05) is 6.07 Å². The molecule has 1 heterocycles. The number of nitrogens with zero attached hydrogens (tertiary/aromatic N) is 2. The predicted octanol–water partition coefficient (Wildman–Crippen LogP) is 2.10. The number of carboxylic acids is 1. The van der Waals surface area contributed by atoms with Crippen molar-refractivity contribution in [1.29, 1.82) is 0 Å². The van der Waals surface area contributed by atoms with E-state index in [1.54, 1.807) is 36.7 Å². The van der Waals surface area contributed by atoms with Crippen molar-refractivity contribution < 1.29 is 9.90 Å². The molecule has 18 heavy (non-hydrogen) atoms. The van der Waals surface area contributed by atoms with Crippen LogP contribution < -0.4 is 5.32 Å². The Hall–Kier alpha value is -2.43. The Labute approximate surface area is 105 Å². The fourth-order valence-corrected chi connectivity index (χ4v) is 1.56. The molecule has 0 fully saturated rings. The second kappa shape index (κ2) is 5.27. The van der Waals surface area contributed by atoms with Crippen molar-refractivity contribution in [3.8, 4) is 0 Å². The quantitative estimate of drug-likeness (QED) is 0.860. The molecule has 0 radical (unpaired) electrons. The van der Waals surface area contributed by atoms with Crippen LogP contribution in [0.4, 0.5) is 5.95 Å². The Morgan fingerprint density at radius 1 is 1.33 bits per heavy atom. The third kappa shape index (κ3) is 2.82. The molecule has 5 heteroatoms. The topological polar surface area (TPSA) is 75.1 Å². The Morgan fingerprint density at radius 2 is 2.06 bits per heavy atom. The molecule has 0 aliphatic heterocycles. The molecule has 0 amide bonds. The molecule has 1 aromatic heterocycles. The van der Waals surface area contributed by atoms with E-state index in [9.17, 15) is 4.79 Å². The number of carboxylic acid groups (broad SMARTS) is 1. The molecule has 0 saturated heterocycles. The van der Waals surface area contributed by atoms with Crippen molar-refractivity contribution in [1.82, 2.24) is 9.97 Å². The van der Waals surface area contributed by atoms with Gasteiger partial charge in [0.05, 0.1) is 5.56 Å². The number of carbonyl (C=O) groups is 1. The lowest BCUT2D eigenvalue weighted by Gasteiger charge is -2.08. The van der Waals surface area contributed by atoms with Crippen LogP contribution in [0.15, 0.2) is 36.7 Å². The van der Waals surface area contributed by atoms with Crippen molar-refractivity contribution in [2.24, 2.45) is 0 Å². The van der Waals surface area contributed by atoms with Crippen molar-refractivity contribution in [3.63, 3.8) is 0 Å². The zero-order chi connectivity index (χ0) is 13.0. The van der Waals surface area contributed by atoms with E-state index in [-0.39, 0.29) is 5.56 Å². The van der Waals surface area contributed by atoms with Gasteiger partial charge in [0.25, 0.3) is 0 Å². The van der Waals surface area contributed by atoms with Crippen LogP contribution in [-0.4, -0.2) is 21.0 Å². The first-order chi connectivity index (χ1) is 8.66. The lowest BCUT2D eigenvalue weighted by molar-refractivity contribution is 0.0697. The van der Waals surface area contributed by atoms with E-state index in [0.717, 1.165) is 11.1 Å². The highest BCUT2D eigenvalue weighted by molar-refractivity contribution is 5.87. The second-order valence-corrected chi connectivity index (χ2v) is 3.87. The maximum atomic E-state index is 10.9. The van der Waals surface area contributed by atoms with Gasteiger partial charge in [-0.3, -0.25) is 0 Å². The molecule has 0 atom stereocenters.